The number of carbonyl (C=O) groups is 1. The van der Waals surface area contributed by atoms with E-state index in [2.05, 4.69) is 0 Å². The van der Waals surface area contributed by atoms with Crippen LogP contribution in [0.5, 0.6) is 0 Å². The predicted octanol–water partition coefficient (Wildman–Crippen LogP) is 0.692. The number of hydrogen-bond acceptors (Lipinski definition) is 2. The minimum Gasteiger partial charge on any atom is -0.399 e. The van der Waals surface area contributed by atoms with Gasteiger partial charge < -0.3 is 5.73 Å². The quantitative estimate of drug-likeness (QED) is 0.407. The third kappa shape index (κ3) is 1.70. The van der Waals surface area contributed by atoms with Crippen molar-refractivity contribution in [1.29, 1.82) is 0 Å². The summed E-state index contributed by atoms with van der Waals surface area (Å²) >= 11 is 5.90. The van der Waals surface area contributed by atoms with Gasteiger partial charge >= 0.3 is 0 Å². The molecule has 4 heteroatoms. The summed E-state index contributed by atoms with van der Waals surface area (Å²) in [5, 5.41) is 0.549. The Balaban J connectivity index is 3.50. The zero-order valence-electron chi connectivity index (χ0n) is 7.94. The van der Waals surface area contributed by atoms with Gasteiger partial charge in [-0.25, -0.2) is 0 Å². The molecule has 68 valence electrons. The number of Topliss-reactive ketones (excluding diaryl/α,β-unsaturated/α-hetero) is 1. The molecule has 0 aliphatic rings. The number of nitrogens with two attached hydrogens (primary N) is 1. The van der Waals surface area contributed by atoms with Crippen LogP contribution in [0.4, 0.5) is 5.69 Å². The average molecular weight is 195 g/mol. The monoisotopic (exact) mass is 195 g/mol. The fourth-order valence-corrected chi connectivity index (χ4v) is 1.47. The first-order valence-electron chi connectivity index (χ1n) is 4.01. The zero-order chi connectivity index (χ0) is 10.2. The molecule has 13 heavy (non-hydrogen) atoms. The molecule has 2 nitrogen and oxygen atoms in total. The van der Waals surface area contributed by atoms with Crippen molar-refractivity contribution in [1.82, 2.24) is 0 Å². The molecule has 1 rings (SSSR count). The molecule has 0 fully saturated rings. The van der Waals surface area contributed by atoms with E-state index in [4.69, 9.17) is 17.3 Å². The van der Waals surface area contributed by atoms with Crippen molar-refractivity contribution in [3.8, 4) is 0 Å². The van der Waals surface area contributed by atoms with Crippen LogP contribution in [0.3, 0.4) is 0 Å². The second-order valence-electron chi connectivity index (χ2n) is 3.13. The highest BCUT2D eigenvalue weighted by Crippen LogP contribution is 2.21. The van der Waals surface area contributed by atoms with E-state index in [1.54, 1.807) is 6.07 Å². The first-order valence-corrected chi connectivity index (χ1v) is 4.39. The van der Waals surface area contributed by atoms with Crippen LogP contribution in [0, 0.1) is 6.92 Å². The van der Waals surface area contributed by atoms with Crippen LogP contribution in [0.2, 0.25) is 5.02 Å². The molecule has 0 aromatic heterocycles. The van der Waals surface area contributed by atoms with Gasteiger partial charge in [-0.05, 0) is 25.5 Å². The van der Waals surface area contributed by atoms with Crippen molar-refractivity contribution in [3.05, 3.63) is 22.2 Å². The first kappa shape index (κ1) is 10.1. The fourth-order valence-electron chi connectivity index (χ4n) is 1.26. The Bertz CT molecular complexity index is 376. The lowest BCUT2D eigenvalue weighted by atomic mass is 9.85. The normalized spacial score (nSPS) is 10.1. The van der Waals surface area contributed by atoms with Gasteiger partial charge in [-0.3, -0.25) is 4.79 Å². The molecule has 0 spiro atoms. The Morgan fingerprint density at radius 2 is 2.15 bits per heavy atom. The third-order valence-electron chi connectivity index (χ3n) is 2.22. The summed E-state index contributed by atoms with van der Waals surface area (Å²) < 4.78 is 0. The lowest BCUT2D eigenvalue weighted by Gasteiger charge is -2.10. The summed E-state index contributed by atoms with van der Waals surface area (Å²) in [5.41, 5.74) is 8.65. The molecule has 0 radical (unpaired) electrons. The van der Waals surface area contributed by atoms with Crippen molar-refractivity contribution >= 4 is 36.4 Å². The fraction of sp³-hybridized carbons (Fsp3) is 0.222. The molecular weight excluding hydrogens is 184 g/mol. The van der Waals surface area contributed by atoms with Crippen molar-refractivity contribution < 1.29 is 4.79 Å². The van der Waals surface area contributed by atoms with Gasteiger partial charge in [-0.1, -0.05) is 17.1 Å². The van der Waals surface area contributed by atoms with Gasteiger partial charge in [-0.15, -0.1) is 0 Å². The smallest absolute Gasteiger partial charge is 0.159 e. The largest absolute Gasteiger partial charge is 0.399 e. The van der Waals surface area contributed by atoms with Crippen LogP contribution in [-0.2, 0) is 0 Å². The summed E-state index contributed by atoms with van der Waals surface area (Å²) in [6.45, 7) is 3.35. The van der Waals surface area contributed by atoms with Gasteiger partial charge in [0.25, 0.3) is 0 Å². The number of nitrogen functional groups attached to an aromatic ring is 1. The lowest BCUT2D eigenvalue weighted by molar-refractivity contribution is 0.101. The molecule has 0 saturated carbocycles. The predicted molar refractivity (Wildman–Crippen MR) is 58.8 cm³/mol. The molecule has 0 atom stereocenters. The van der Waals surface area contributed by atoms with Gasteiger partial charge in [0.1, 0.15) is 7.85 Å². The molecule has 0 aliphatic heterocycles. The zero-order valence-corrected chi connectivity index (χ0v) is 8.70. The summed E-state index contributed by atoms with van der Waals surface area (Å²) in [6, 6.07) is 1.67. The molecule has 1 aromatic carbocycles. The highest BCUT2D eigenvalue weighted by Gasteiger charge is 2.11. The Labute approximate surface area is 83.5 Å². The number of halogens is 1. The number of anilines is 1. The Hall–Kier alpha value is -0.955. The van der Waals surface area contributed by atoms with Crippen molar-refractivity contribution in [2.24, 2.45) is 0 Å². The topological polar surface area (TPSA) is 43.1 Å². The summed E-state index contributed by atoms with van der Waals surface area (Å²) in [7, 11) is 1.83. The number of carbonyl (C=O) groups excluding carboxylic acids is 1. The molecule has 0 saturated heterocycles. The van der Waals surface area contributed by atoms with Gasteiger partial charge in [0.15, 0.2) is 5.78 Å². The number of benzene rings is 1. The maximum absolute atomic E-state index is 11.2. The highest BCUT2D eigenvalue weighted by atomic mass is 35.5. The van der Waals surface area contributed by atoms with E-state index in [9.17, 15) is 4.79 Å². The second-order valence-corrected chi connectivity index (χ2v) is 3.53. The first-order chi connectivity index (χ1) is 5.95. The van der Waals surface area contributed by atoms with E-state index in [1.807, 2.05) is 14.8 Å². The van der Waals surface area contributed by atoms with Crippen LogP contribution < -0.4 is 11.2 Å². The number of hydrogen-bond donors (Lipinski definition) is 1. The molecule has 0 amide bonds. The van der Waals surface area contributed by atoms with Crippen LogP contribution in [0.1, 0.15) is 22.8 Å². The summed E-state index contributed by atoms with van der Waals surface area (Å²) in [5.74, 6) is -0.00824. The molecule has 0 aliphatic carbocycles. The molecule has 1 aromatic rings. The summed E-state index contributed by atoms with van der Waals surface area (Å²) in [4.78, 5) is 11.2. The van der Waals surface area contributed by atoms with Crippen LogP contribution in [0.15, 0.2) is 6.07 Å². The van der Waals surface area contributed by atoms with E-state index >= 15 is 0 Å². The van der Waals surface area contributed by atoms with E-state index in [0.717, 1.165) is 11.0 Å². The van der Waals surface area contributed by atoms with E-state index in [0.29, 0.717) is 16.3 Å². The van der Waals surface area contributed by atoms with E-state index < -0.39 is 0 Å². The summed E-state index contributed by atoms with van der Waals surface area (Å²) in [6.07, 6.45) is 0. The Morgan fingerprint density at radius 1 is 1.62 bits per heavy atom. The standard InChI is InChI=1S/C9H11BClNO/c1-4-7(11)3-6(5(2)13)8(10)9(4)12/h3H,10,12H2,1-2H3. The number of rotatable bonds is 1. The van der Waals surface area contributed by atoms with Crippen molar-refractivity contribution in [2.75, 3.05) is 5.73 Å². The molecule has 0 bridgehead atoms. The van der Waals surface area contributed by atoms with Crippen molar-refractivity contribution in [2.45, 2.75) is 13.8 Å². The van der Waals surface area contributed by atoms with Crippen LogP contribution in [-0.4, -0.2) is 13.6 Å². The molecular formula is C9H11BClNO. The van der Waals surface area contributed by atoms with Gasteiger partial charge in [0.2, 0.25) is 0 Å². The SMILES string of the molecule is Bc1c(C(C)=O)cc(Cl)c(C)c1N. The van der Waals surface area contributed by atoms with E-state index in [-0.39, 0.29) is 5.78 Å². The maximum Gasteiger partial charge on any atom is 0.159 e. The molecule has 0 unspecified atom stereocenters. The minimum atomic E-state index is -0.00824. The maximum atomic E-state index is 11.2. The lowest BCUT2D eigenvalue weighted by Crippen LogP contribution is -2.19. The minimum absolute atomic E-state index is 0.00824. The molecule has 2 N–H and O–H groups in total. The van der Waals surface area contributed by atoms with Crippen molar-refractivity contribution in [3.63, 3.8) is 0 Å². The molecule has 0 heterocycles. The number of ketones is 1. The highest BCUT2D eigenvalue weighted by molar-refractivity contribution is 6.41. The van der Waals surface area contributed by atoms with Gasteiger partial charge in [-0.2, -0.15) is 0 Å². The Morgan fingerprint density at radius 3 is 2.62 bits per heavy atom. The van der Waals surface area contributed by atoms with Crippen LogP contribution >= 0.6 is 11.6 Å². The van der Waals surface area contributed by atoms with Gasteiger partial charge in [0, 0.05) is 16.3 Å². The van der Waals surface area contributed by atoms with Crippen LogP contribution in [0.25, 0.3) is 0 Å². The average Bonchev–Trinajstić information content (AvgIpc) is 2.07. The third-order valence-corrected chi connectivity index (χ3v) is 2.61. The second kappa shape index (κ2) is 3.42. The Kier molecular flexibility index (Phi) is 2.67. The van der Waals surface area contributed by atoms with Gasteiger partial charge in [0.05, 0.1) is 0 Å². The van der Waals surface area contributed by atoms with E-state index in [1.165, 1.54) is 6.92 Å².